The molecule has 3 heteroatoms. The molecule has 0 saturated heterocycles. The Hall–Kier alpha value is -2.94. The third-order valence-electron chi connectivity index (χ3n) is 4.77. The molecule has 0 bridgehead atoms. The maximum Gasteiger partial charge on any atom is 0.118 e. The van der Waals surface area contributed by atoms with Crippen LogP contribution in [-0.4, -0.2) is 14.2 Å². The molecule has 0 aliphatic carbocycles. The van der Waals surface area contributed by atoms with Gasteiger partial charge in [0.15, 0.2) is 0 Å². The van der Waals surface area contributed by atoms with E-state index in [1.54, 1.807) is 14.2 Å². The fraction of sp³-hybridized carbons (Fsp3) is 0.217. The topological polar surface area (TPSA) is 44.5 Å². The standard InChI is InChI=1S/C23H25NO2/c1-15-13-16(2)23(24)21(14-15)22(17-5-9-19(25-3)10-6-17)18-7-11-20(26-4)12-8-18/h5-14,22H,24H2,1-4H3. The predicted octanol–water partition coefficient (Wildman–Crippen LogP) is 5.08. The van der Waals surface area contributed by atoms with E-state index in [1.165, 1.54) is 16.7 Å². The first kappa shape index (κ1) is 17.9. The lowest BCUT2D eigenvalue weighted by atomic mass is 9.83. The summed E-state index contributed by atoms with van der Waals surface area (Å²) in [6.45, 7) is 4.17. The van der Waals surface area contributed by atoms with Crippen molar-refractivity contribution in [3.63, 3.8) is 0 Å². The Morgan fingerprint density at radius 3 is 1.62 bits per heavy atom. The number of benzene rings is 3. The van der Waals surface area contributed by atoms with Crippen LogP contribution in [0, 0.1) is 13.8 Å². The van der Waals surface area contributed by atoms with Gasteiger partial charge >= 0.3 is 0 Å². The average molecular weight is 347 g/mol. The molecule has 0 fully saturated rings. The summed E-state index contributed by atoms with van der Waals surface area (Å²) in [5.41, 5.74) is 13.1. The van der Waals surface area contributed by atoms with Crippen LogP contribution in [0.1, 0.15) is 33.7 Å². The second-order valence-electron chi connectivity index (χ2n) is 6.56. The van der Waals surface area contributed by atoms with Crippen molar-refractivity contribution in [3.05, 3.63) is 88.5 Å². The number of aryl methyl sites for hydroxylation is 2. The third kappa shape index (κ3) is 3.52. The maximum absolute atomic E-state index is 6.49. The highest BCUT2D eigenvalue weighted by molar-refractivity contribution is 5.61. The van der Waals surface area contributed by atoms with E-state index in [0.717, 1.165) is 28.3 Å². The molecule has 0 amide bonds. The molecule has 0 aliphatic heterocycles. The summed E-state index contributed by atoms with van der Waals surface area (Å²) < 4.78 is 10.6. The van der Waals surface area contributed by atoms with E-state index in [0.29, 0.717) is 0 Å². The highest BCUT2D eigenvalue weighted by Crippen LogP contribution is 2.38. The van der Waals surface area contributed by atoms with Crippen LogP contribution in [0.5, 0.6) is 11.5 Å². The molecule has 0 radical (unpaired) electrons. The van der Waals surface area contributed by atoms with Crippen molar-refractivity contribution in [2.45, 2.75) is 19.8 Å². The molecule has 0 atom stereocenters. The minimum Gasteiger partial charge on any atom is -0.497 e. The summed E-state index contributed by atoms with van der Waals surface area (Å²) in [7, 11) is 3.36. The second-order valence-corrected chi connectivity index (χ2v) is 6.56. The molecule has 3 rings (SSSR count). The van der Waals surface area contributed by atoms with E-state index >= 15 is 0 Å². The highest BCUT2D eigenvalue weighted by Gasteiger charge is 2.20. The van der Waals surface area contributed by atoms with Crippen LogP contribution in [-0.2, 0) is 0 Å². The summed E-state index contributed by atoms with van der Waals surface area (Å²) in [6, 6.07) is 20.7. The van der Waals surface area contributed by atoms with Gasteiger partial charge < -0.3 is 15.2 Å². The summed E-state index contributed by atoms with van der Waals surface area (Å²) in [5, 5.41) is 0. The van der Waals surface area contributed by atoms with E-state index in [1.807, 2.05) is 24.3 Å². The Kier molecular flexibility index (Phi) is 5.17. The summed E-state index contributed by atoms with van der Waals surface area (Å²) in [4.78, 5) is 0. The first-order valence-electron chi connectivity index (χ1n) is 8.68. The molecule has 0 heterocycles. The van der Waals surface area contributed by atoms with Gasteiger partial charge in [-0.1, -0.05) is 42.0 Å². The summed E-state index contributed by atoms with van der Waals surface area (Å²) >= 11 is 0. The van der Waals surface area contributed by atoms with Gasteiger partial charge in [-0.05, 0) is 60.4 Å². The Labute approximate surface area is 155 Å². The van der Waals surface area contributed by atoms with Crippen LogP contribution in [0.4, 0.5) is 5.69 Å². The van der Waals surface area contributed by atoms with Gasteiger partial charge in [0, 0.05) is 11.6 Å². The van der Waals surface area contributed by atoms with Gasteiger partial charge in [-0.15, -0.1) is 0 Å². The van der Waals surface area contributed by atoms with Gasteiger partial charge in [0.05, 0.1) is 14.2 Å². The van der Waals surface area contributed by atoms with E-state index in [-0.39, 0.29) is 5.92 Å². The van der Waals surface area contributed by atoms with Gasteiger partial charge in [0.1, 0.15) is 11.5 Å². The average Bonchev–Trinajstić information content (AvgIpc) is 2.67. The molecule has 3 nitrogen and oxygen atoms in total. The van der Waals surface area contributed by atoms with Crippen molar-refractivity contribution >= 4 is 5.69 Å². The normalized spacial score (nSPS) is 10.8. The smallest absolute Gasteiger partial charge is 0.118 e. The Balaban J connectivity index is 2.17. The van der Waals surface area contributed by atoms with Crippen LogP contribution in [0.15, 0.2) is 60.7 Å². The van der Waals surface area contributed by atoms with Crippen LogP contribution in [0.2, 0.25) is 0 Å². The maximum atomic E-state index is 6.49. The molecule has 0 unspecified atom stereocenters. The van der Waals surface area contributed by atoms with E-state index in [9.17, 15) is 0 Å². The lowest BCUT2D eigenvalue weighted by Crippen LogP contribution is -2.08. The first-order valence-corrected chi connectivity index (χ1v) is 8.68. The molecular formula is C23H25NO2. The third-order valence-corrected chi connectivity index (χ3v) is 4.77. The SMILES string of the molecule is COc1ccc(C(c2ccc(OC)cc2)c2cc(C)cc(C)c2N)cc1. The lowest BCUT2D eigenvalue weighted by molar-refractivity contribution is 0.414. The zero-order chi connectivity index (χ0) is 18.7. The largest absolute Gasteiger partial charge is 0.497 e. The number of hydrogen-bond donors (Lipinski definition) is 1. The van der Waals surface area contributed by atoms with E-state index in [2.05, 4.69) is 50.2 Å². The van der Waals surface area contributed by atoms with E-state index < -0.39 is 0 Å². The van der Waals surface area contributed by atoms with Crippen molar-refractivity contribution in [2.75, 3.05) is 20.0 Å². The molecule has 134 valence electrons. The van der Waals surface area contributed by atoms with Crippen molar-refractivity contribution in [1.29, 1.82) is 0 Å². The van der Waals surface area contributed by atoms with Gasteiger partial charge in [-0.25, -0.2) is 0 Å². The Morgan fingerprint density at radius 1 is 0.731 bits per heavy atom. The van der Waals surface area contributed by atoms with Crippen molar-refractivity contribution in [1.82, 2.24) is 0 Å². The Morgan fingerprint density at radius 2 is 1.19 bits per heavy atom. The summed E-state index contributed by atoms with van der Waals surface area (Å²) in [5.74, 6) is 1.73. The summed E-state index contributed by atoms with van der Waals surface area (Å²) in [6.07, 6.45) is 0. The first-order chi connectivity index (χ1) is 12.5. The molecular weight excluding hydrogens is 322 g/mol. The van der Waals surface area contributed by atoms with Crippen molar-refractivity contribution in [2.24, 2.45) is 0 Å². The van der Waals surface area contributed by atoms with Crippen LogP contribution in [0.25, 0.3) is 0 Å². The number of ether oxygens (including phenoxy) is 2. The zero-order valence-corrected chi connectivity index (χ0v) is 15.7. The predicted molar refractivity (Wildman–Crippen MR) is 107 cm³/mol. The minimum absolute atomic E-state index is 0.0467. The fourth-order valence-corrected chi connectivity index (χ4v) is 3.39. The number of nitrogens with two attached hydrogens (primary N) is 1. The molecule has 0 spiro atoms. The highest BCUT2D eigenvalue weighted by atomic mass is 16.5. The van der Waals surface area contributed by atoms with Gasteiger partial charge in [0.25, 0.3) is 0 Å². The number of methoxy groups -OCH3 is 2. The van der Waals surface area contributed by atoms with Gasteiger partial charge in [0.2, 0.25) is 0 Å². The lowest BCUT2D eigenvalue weighted by Gasteiger charge is -2.23. The monoisotopic (exact) mass is 347 g/mol. The van der Waals surface area contributed by atoms with Crippen LogP contribution >= 0.6 is 0 Å². The minimum atomic E-state index is 0.0467. The van der Waals surface area contributed by atoms with Crippen molar-refractivity contribution in [3.8, 4) is 11.5 Å². The number of hydrogen-bond acceptors (Lipinski definition) is 3. The number of rotatable bonds is 5. The van der Waals surface area contributed by atoms with E-state index in [4.69, 9.17) is 15.2 Å². The van der Waals surface area contributed by atoms with Crippen LogP contribution < -0.4 is 15.2 Å². The molecule has 0 aliphatic rings. The molecule has 3 aromatic carbocycles. The van der Waals surface area contributed by atoms with Gasteiger partial charge in [-0.2, -0.15) is 0 Å². The van der Waals surface area contributed by atoms with Crippen LogP contribution in [0.3, 0.4) is 0 Å². The molecule has 0 saturated carbocycles. The number of anilines is 1. The Bertz CT molecular complexity index is 836. The van der Waals surface area contributed by atoms with Crippen molar-refractivity contribution < 1.29 is 9.47 Å². The zero-order valence-electron chi connectivity index (χ0n) is 15.7. The molecule has 0 aromatic heterocycles. The quantitative estimate of drug-likeness (QED) is 0.517. The molecule has 26 heavy (non-hydrogen) atoms. The van der Waals surface area contributed by atoms with Gasteiger partial charge in [-0.3, -0.25) is 0 Å². The second kappa shape index (κ2) is 7.52. The fourth-order valence-electron chi connectivity index (χ4n) is 3.39. The number of nitrogen functional groups attached to an aromatic ring is 1. The molecule has 2 N–H and O–H groups in total. The molecule has 3 aromatic rings.